The molecule has 0 spiro atoms. The van der Waals surface area contributed by atoms with Gasteiger partial charge in [-0.25, -0.2) is 0 Å². The van der Waals surface area contributed by atoms with Crippen LogP contribution < -0.4 is 4.74 Å². The molecule has 1 N–H and O–H groups in total. The van der Waals surface area contributed by atoms with Crippen LogP contribution in [-0.2, 0) is 10.2 Å². The Bertz CT molecular complexity index is 341. The minimum absolute atomic E-state index is 0.119. The van der Waals surface area contributed by atoms with Crippen LogP contribution in [0.5, 0.6) is 5.75 Å². The molecule has 1 aromatic rings. The normalized spacial score (nSPS) is 17.5. The topological polar surface area (TPSA) is 38.7 Å². The van der Waals surface area contributed by atoms with Gasteiger partial charge in [0.1, 0.15) is 5.75 Å². The molecular formula is C14H20O3. The third-order valence-corrected chi connectivity index (χ3v) is 3.35. The minimum atomic E-state index is 0.119. The van der Waals surface area contributed by atoms with Crippen molar-refractivity contribution in [1.29, 1.82) is 0 Å². The molecule has 0 amide bonds. The lowest BCUT2D eigenvalue weighted by Gasteiger charge is -2.42. The fourth-order valence-electron chi connectivity index (χ4n) is 2.29. The van der Waals surface area contributed by atoms with Gasteiger partial charge in [-0.2, -0.15) is 0 Å². The zero-order chi connectivity index (χ0) is 12.1. The number of benzene rings is 1. The van der Waals surface area contributed by atoms with E-state index in [-0.39, 0.29) is 12.0 Å². The molecule has 3 nitrogen and oxygen atoms in total. The maximum atomic E-state index is 8.95. The van der Waals surface area contributed by atoms with Crippen molar-refractivity contribution < 1.29 is 14.6 Å². The van der Waals surface area contributed by atoms with Crippen molar-refractivity contribution in [2.45, 2.75) is 25.2 Å². The summed E-state index contributed by atoms with van der Waals surface area (Å²) in [6.45, 7) is 4.45. The Hall–Kier alpha value is -1.06. The van der Waals surface area contributed by atoms with Crippen LogP contribution in [0.2, 0.25) is 0 Å². The molecule has 1 aliphatic heterocycles. The van der Waals surface area contributed by atoms with Gasteiger partial charge in [-0.1, -0.05) is 12.1 Å². The number of aliphatic hydroxyl groups is 1. The second-order valence-electron chi connectivity index (χ2n) is 4.56. The molecule has 0 radical (unpaired) electrons. The average molecular weight is 236 g/mol. The zero-order valence-electron chi connectivity index (χ0n) is 10.3. The number of aliphatic hydroxyl groups excluding tert-OH is 1. The quantitative estimate of drug-likeness (QED) is 0.822. The van der Waals surface area contributed by atoms with Gasteiger partial charge >= 0.3 is 0 Å². The van der Waals surface area contributed by atoms with Crippen LogP contribution in [0.3, 0.4) is 0 Å². The smallest absolute Gasteiger partial charge is 0.119 e. The van der Waals surface area contributed by atoms with Gasteiger partial charge in [-0.05, 0) is 37.5 Å². The Labute approximate surface area is 102 Å². The summed E-state index contributed by atoms with van der Waals surface area (Å²) in [7, 11) is 0. The molecule has 0 aromatic heterocycles. The van der Waals surface area contributed by atoms with Gasteiger partial charge in [0.05, 0.1) is 19.8 Å². The monoisotopic (exact) mass is 236 g/mol. The molecule has 1 heterocycles. The molecule has 1 aliphatic rings. The van der Waals surface area contributed by atoms with Gasteiger partial charge in [-0.15, -0.1) is 0 Å². The van der Waals surface area contributed by atoms with Gasteiger partial charge in [0.25, 0.3) is 0 Å². The van der Waals surface area contributed by atoms with Gasteiger partial charge in [0.15, 0.2) is 0 Å². The van der Waals surface area contributed by atoms with Crippen LogP contribution in [0.1, 0.15) is 25.3 Å². The maximum Gasteiger partial charge on any atom is 0.119 e. The van der Waals surface area contributed by atoms with E-state index in [0.717, 1.165) is 31.8 Å². The molecule has 1 saturated heterocycles. The molecule has 17 heavy (non-hydrogen) atoms. The summed E-state index contributed by atoms with van der Waals surface area (Å²) in [5.74, 6) is 0.911. The Kier molecular flexibility index (Phi) is 4.02. The highest BCUT2D eigenvalue weighted by molar-refractivity contribution is 5.34. The Balaban J connectivity index is 2.08. The van der Waals surface area contributed by atoms with Crippen LogP contribution in [0.25, 0.3) is 0 Å². The van der Waals surface area contributed by atoms with Gasteiger partial charge < -0.3 is 14.6 Å². The van der Waals surface area contributed by atoms with Crippen molar-refractivity contribution in [3.8, 4) is 5.75 Å². The first-order valence-electron chi connectivity index (χ1n) is 6.23. The first kappa shape index (κ1) is 12.4. The van der Waals surface area contributed by atoms with Gasteiger partial charge in [-0.3, -0.25) is 0 Å². The van der Waals surface area contributed by atoms with Gasteiger partial charge in [0.2, 0.25) is 0 Å². The summed E-state index contributed by atoms with van der Waals surface area (Å²) < 4.78 is 10.8. The second-order valence-corrected chi connectivity index (χ2v) is 4.56. The average Bonchev–Trinajstić information content (AvgIpc) is 2.30. The molecule has 1 aromatic carbocycles. The number of rotatable bonds is 6. The van der Waals surface area contributed by atoms with E-state index in [9.17, 15) is 0 Å². The molecule has 2 rings (SSSR count). The molecule has 0 unspecified atom stereocenters. The van der Waals surface area contributed by atoms with Crippen molar-refractivity contribution in [2.75, 3.05) is 26.4 Å². The molecule has 0 saturated carbocycles. The van der Waals surface area contributed by atoms with Crippen LogP contribution in [-0.4, -0.2) is 31.5 Å². The van der Waals surface area contributed by atoms with Crippen molar-refractivity contribution in [2.24, 2.45) is 0 Å². The van der Waals surface area contributed by atoms with Crippen molar-refractivity contribution >= 4 is 0 Å². The summed E-state index contributed by atoms with van der Waals surface area (Å²) in [6, 6.07) is 8.26. The summed E-state index contributed by atoms with van der Waals surface area (Å²) >= 11 is 0. The first-order valence-corrected chi connectivity index (χ1v) is 6.23. The SMILES string of the molecule is CCOc1ccc(C2(CCCO)COC2)cc1. The number of hydrogen-bond acceptors (Lipinski definition) is 3. The van der Waals surface area contributed by atoms with Gasteiger partial charge in [0, 0.05) is 12.0 Å². The lowest BCUT2D eigenvalue weighted by Crippen LogP contribution is -2.46. The Morgan fingerprint density at radius 2 is 2.00 bits per heavy atom. The van der Waals surface area contributed by atoms with E-state index < -0.39 is 0 Å². The zero-order valence-corrected chi connectivity index (χ0v) is 10.3. The largest absolute Gasteiger partial charge is 0.494 e. The van der Waals surface area contributed by atoms with E-state index in [4.69, 9.17) is 14.6 Å². The van der Waals surface area contributed by atoms with Crippen molar-refractivity contribution in [3.63, 3.8) is 0 Å². The number of hydrogen-bond donors (Lipinski definition) is 1. The number of ether oxygens (including phenoxy) is 2. The van der Waals surface area contributed by atoms with E-state index in [1.54, 1.807) is 0 Å². The molecular weight excluding hydrogens is 216 g/mol. The minimum Gasteiger partial charge on any atom is -0.494 e. The molecule has 3 heteroatoms. The van der Waals surface area contributed by atoms with E-state index in [0.29, 0.717) is 6.61 Å². The maximum absolute atomic E-state index is 8.95. The van der Waals surface area contributed by atoms with E-state index >= 15 is 0 Å². The van der Waals surface area contributed by atoms with Crippen LogP contribution in [0, 0.1) is 0 Å². The predicted molar refractivity (Wildman–Crippen MR) is 66.4 cm³/mol. The van der Waals surface area contributed by atoms with Crippen LogP contribution in [0.4, 0.5) is 0 Å². The highest BCUT2D eigenvalue weighted by atomic mass is 16.5. The molecule has 94 valence electrons. The summed E-state index contributed by atoms with van der Waals surface area (Å²) in [6.07, 6.45) is 1.81. The Morgan fingerprint density at radius 3 is 2.47 bits per heavy atom. The molecule has 0 aliphatic carbocycles. The van der Waals surface area contributed by atoms with Crippen molar-refractivity contribution in [3.05, 3.63) is 29.8 Å². The summed E-state index contributed by atoms with van der Waals surface area (Å²) in [5.41, 5.74) is 1.41. The highest BCUT2D eigenvalue weighted by Crippen LogP contribution is 2.37. The van der Waals surface area contributed by atoms with Crippen LogP contribution in [0.15, 0.2) is 24.3 Å². The van der Waals surface area contributed by atoms with Crippen LogP contribution >= 0.6 is 0 Å². The lowest BCUT2D eigenvalue weighted by atomic mass is 9.75. The molecule has 1 fully saturated rings. The third kappa shape index (κ3) is 2.61. The van der Waals surface area contributed by atoms with E-state index in [1.165, 1.54) is 5.56 Å². The predicted octanol–water partition coefficient (Wildman–Crippen LogP) is 2.13. The second kappa shape index (κ2) is 5.52. The lowest BCUT2D eigenvalue weighted by molar-refractivity contribution is -0.0665. The molecule has 0 bridgehead atoms. The fourth-order valence-corrected chi connectivity index (χ4v) is 2.29. The summed E-state index contributed by atoms with van der Waals surface area (Å²) in [5, 5.41) is 8.95. The van der Waals surface area contributed by atoms with Crippen molar-refractivity contribution in [1.82, 2.24) is 0 Å². The molecule has 0 atom stereocenters. The van der Waals surface area contributed by atoms with E-state index in [1.807, 2.05) is 19.1 Å². The van der Waals surface area contributed by atoms with E-state index in [2.05, 4.69) is 12.1 Å². The fraction of sp³-hybridized carbons (Fsp3) is 0.571. The third-order valence-electron chi connectivity index (χ3n) is 3.35. The highest BCUT2D eigenvalue weighted by Gasteiger charge is 2.39. The first-order chi connectivity index (χ1) is 8.30. The Morgan fingerprint density at radius 1 is 1.29 bits per heavy atom. The summed E-state index contributed by atoms with van der Waals surface area (Å²) in [4.78, 5) is 0. The standard InChI is InChI=1S/C14H20O3/c1-2-17-13-6-4-12(5-7-13)14(8-3-9-15)10-16-11-14/h4-7,15H,2-3,8-11H2,1H3.